The maximum atomic E-state index is 12.0. The summed E-state index contributed by atoms with van der Waals surface area (Å²) >= 11 is 1.02. The molecule has 2 rings (SSSR count). The van der Waals surface area contributed by atoms with Gasteiger partial charge < -0.3 is 14.8 Å². The molecule has 1 aliphatic heterocycles. The van der Waals surface area contributed by atoms with Gasteiger partial charge in [-0.25, -0.2) is 0 Å². The van der Waals surface area contributed by atoms with Crippen molar-refractivity contribution in [3.8, 4) is 0 Å². The van der Waals surface area contributed by atoms with Crippen LogP contribution in [0.2, 0.25) is 0 Å². The van der Waals surface area contributed by atoms with Crippen molar-refractivity contribution in [1.29, 1.82) is 0 Å². The number of likely N-dealkylation sites (tertiary alicyclic amines) is 1. The van der Waals surface area contributed by atoms with Crippen LogP contribution < -0.4 is 10.2 Å². The van der Waals surface area contributed by atoms with Crippen LogP contribution in [0, 0.1) is 6.92 Å². The van der Waals surface area contributed by atoms with E-state index < -0.39 is 0 Å². The highest BCUT2D eigenvalue weighted by molar-refractivity contribution is 7.11. The number of thiazole rings is 1. The summed E-state index contributed by atoms with van der Waals surface area (Å²) in [5.74, 6) is -0.119. The molecule has 1 saturated heterocycles. The van der Waals surface area contributed by atoms with E-state index in [1.807, 2.05) is 0 Å². The number of rotatable bonds is 6. The summed E-state index contributed by atoms with van der Waals surface area (Å²) in [6.07, 6.45) is 4.75. The van der Waals surface area contributed by atoms with Gasteiger partial charge in [0.2, 0.25) is 0 Å². The molecular weight excluding hydrogens is 274 g/mol. The van der Waals surface area contributed by atoms with Crippen molar-refractivity contribution in [2.45, 2.75) is 32.6 Å². The molecule has 1 amide bonds. The normalized spacial score (nSPS) is 15.7. The Bertz CT molecular complexity index is 515. The van der Waals surface area contributed by atoms with Crippen molar-refractivity contribution in [1.82, 2.24) is 14.8 Å². The molecule has 1 N–H and O–H groups in total. The molecule has 1 fully saturated rings. The number of hydrogen-bond acceptors (Lipinski definition) is 4. The molecule has 0 spiro atoms. The fraction of sp³-hybridized carbons (Fsp3) is 0.714. The van der Waals surface area contributed by atoms with Crippen LogP contribution in [-0.4, -0.2) is 41.6 Å². The van der Waals surface area contributed by atoms with Gasteiger partial charge in [-0.15, -0.1) is 0 Å². The quantitative estimate of drug-likeness (QED) is 0.807. The van der Waals surface area contributed by atoms with E-state index in [4.69, 9.17) is 0 Å². The fourth-order valence-electron chi connectivity index (χ4n) is 2.48. The largest absolute Gasteiger partial charge is 0.351 e. The maximum Gasteiger partial charge on any atom is 0.307 e. The standard InChI is InChI=1S/C14H23N3O2S/c1-11-12(20-14(19)16(11)2)13(18)15-7-3-4-8-17-9-5-6-10-17/h3-10H2,1-2H3,(H,15,18). The van der Waals surface area contributed by atoms with E-state index in [1.165, 1.54) is 30.5 Å². The lowest BCUT2D eigenvalue weighted by Gasteiger charge is -2.13. The molecular formula is C14H23N3O2S. The van der Waals surface area contributed by atoms with Gasteiger partial charge in [0.15, 0.2) is 0 Å². The van der Waals surface area contributed by atoms with Crippen LogP contribution in [0.25, 0.3) is 0 Å². The van der Waals surface area contributed by atoms with Crippen molar-refractivity contribution in [3.05, 3.63) is 20.2 Å². The minimum absolute atomic E-state index is 0.0818. The first-order chi connectivity index (χ1) is 9.59. The van der Waals surface area contributed by atoms with E-state index in [0.717, 1.165) is 36.4 Å². The molecule has 1 aromatic rings. The molecule has 0 unspecified atom stereocenters. The number of amides is 1. The fourth-order valence-corrected chi connectivity index (χ4v) is 3.38. The second-order valence-corrected chi connectivity index (χ2v) is 6.31. The number of carbonyl (C=O) groups excluding carboxylic acids is 1. The van der Waals surface area contributed by atoms with E-state index in [0.29, 0.717) is 11.4 Å². The summed E-state index contributed by atoms with van der Waals surface area (Å²) in [7, 11) is 1.70. The number of hydrogen-bond donors (Lipinski definition) is 1. The lowest BCUT2D eigenvalue weighted by molar-refractivity contribution is 0.0955. The van der Waals surface area contributed by atoms with Crippen LogP contribution >= 0.6 is 11.3 Å². The third-order valence-corrected chi connectivity index (χ3v) is 5.02. The predicted molar refractivity (Wildman–Crippen MR) is 81.5 cm³/mol. The summed E-state index contributed by atoms with van der Waals surface area (Å²) in [6, 6.07) is 0. The van der Waals surface area contributed by atoms with Crippen LogP contribution in [0.5, 0.6) is 0 Å². The molecule has 0 aromatic carbocycles. The first-order valence-electron chi connectivity index (χ1n) is 7.26. The Hall–Kier alpha value is -1.14. The number of unbranched alkanes of at least 4 members (excludes halogenated alkanes) is 1. The molecule has 0 bridgehead atoms. The van der Waals surface area contributed by atoms with Crippen LogP contribution in [0.15, 0.2) is 4.79 Å². The zero-order valence-corrected chi connectivity index (χ0v) is 13.1. The summed E-state index contributed by atoms with van der Waals surface area (Å²) in [6.45, 7) is 6.07. The van der Waals surface area contributed by atoms with E-state index in [-0.39, 0.29) is 10.8 Å². The third kappa shape index (κ3) is 3.70. The predicted octanol–water partition coefficient (Wildman–Crippen LogP) is 1.36. The smallest absolute Gasteiger partial charge is 0.307 e. The van der Waals surface area contributed by atoms with Crippen LogP contribution in [-0.2, 0) is 7.05 Å². The molecule has 112 valence electrons. The molecule has 0 aliphatic carbocycles. The average Bonchev–Trinajstić information content (AvgIpc) is 3.03. The summed E-state index contributed by atoms with van der Waals surface area (Å²) in [4.78, 5) is 26.4. The Kier molecular flexibility index (Phi) is 5.37. The first kappa shape index (κ1) is 15.3. The Morgan fingerprint density at radius 2 is 2.00 bits per heavy atom. The molecule has 2 heterocycles. The van der Waals surface area contributed by atoms with Gasteiger partial charge in [-0.05, 0) is 52.2 Å². The lowest BCUT2D eigenvalue weighted by Crippen LogP contribution is -2.26. The van der Waals surface area contributed by atoms with Crippen molar-refractivity contribution < 1.29 is 4.79 Å². The van der Waals surface area contributed by atoms with Crippen molar-refractivity contribution in [2.75, 3.05) is 26.2 Å². The van der Waals surface area contributed by atoms with Gasteiger partial charge in [-0.1, -0.05) is 11.3 Å². The Morgan fingerprint density at radius 1 is 1.30 bits per heavy atom. The minimum Gasteiger partial charge on any atom is -0.351 e. The molecule has 6 heteroatoms. The zero-order valence-electron chi connectivity index (χ0n) is 12.3. The van der Waals surface area contributed by atoms with Gasteiger partial charge in [-0.3, -0.25) is 9.59 Å². The number of carbonyl (C=O) groups is 1. The lowest BCUT2D eigenvalue weighted by atomic mass is 10.3. The number of nitrogens with one attached hydrogen (secondary N) is 1. The maximum absolute atomic E-state index is 12.0. The Morgan fingerprint density at radius 3 is 2.60 bits per heavy atom. The van der Waals surface area contributed by atoms with Gasteiger partial charge in [0.25, 0.3) is 5.91 Å². The molecule has 0 saturated carbocycles. The van der Waals surface area contributed by atoms with E-state index in [9.17, 15) is 9.59 Å². The van der Waals surface area contributed by atoms with Gasteiger partial charge in [0.05, 0.1) is 0 Å². The SMILES string of the molecule is Cc1c(C(=O)NCCCCN2CCCC2)sc(=O)n1C. The second-order valence-electron chi connectivity index (χ2n) is 5.35. The average molecular weight is 297 g/mol. The third-order valence-electron chi connectivity index (χ3n) is 3.89. The van der Waals surface area contributed by atoms with E-state index >= 15 is 0 Å². The zero-order chi connectivity index (χ0) is 14.5. The highest BCUT2D eigenvalue weighted by atomic mass is 32.1. The monoisotopic (exact) mass is 297 g/mol. The van der Waals surface area contributed by atoms with Gasteiger partial charge in [-0.2, -0.15) is 0 Å². The second kappa shape index (κ2) is 7.04. The van der Waals surface area contributed by atoms with Crippen LogP contribution in [0.1, 0.15) is 41.0 Å². The van der Waals surface area contributed by atoms with Crippen molar-refractivity contribution >= 4 is 17.2 Å². The first-order valence-corrected chi connectivity index (χ1v) is 8.08. The summed E-state index contributed by atoms with van der Waals surface area (Å²) in [5, 5.41) is 2.91. The van der Waals surface area contributed by atoms with Gasteiger partial charge >= 0.3 is 4.87 Å². The van der Waals surface area contributed by atoms with Crippen LogP contribution in [0.3, 0.4) is 0 Å². The molecule has 0 radical (unpaired) electrons. The summed E-state index contributed by atoms with van der Waals surface area (Å²) in [5.41, 5.74) is 0.745. The molecule has 1 aromatic heterocycles. The Labute approximate surface area is 123 Å². The minimum atomic E-state index is -0.119. The number of nitrogens with zero attached hydrogens (tertiary/aromatic N) is 2. The van der Waals surface area contributed by atoms with E-state index in [2.05, 4.69) is 10.2 Å². The van der Waals surface area contributed by atoms with Crippen molar-refractivity contribution in [3.63, 3.8) is 0 Å². The number of aromatic nitrogens is 1. The van der Waals surface area contributed by atoms with Crippen LogP contribution in [0.4, 0.5) is 0 Å². The molecule has 20 heavy (non-hydrogen) atoms. The molecule has 0 atom stereocenters. The van der Waals surface area contributed by atoms with Gasteiger partial charge in [0.1, 0.15) is 4.88 Å². The highest BCUT2D eigenvalue weighted by Gasteiger charge is 2.15. The Balaban J connectivity index is 1.69. The topological polar surface area (TPSA) is 54.3 Å². The van der Waals surface area contributed by atoms with Gasteiger partial charge in [0, 0.05) is 19.3 Å². The summed E-state index contributed by atoms with van der Waals surface area (Å²) < 4.78 is 1.52. The molecule has 5 nitrogen and oxygen atoms in total. The molecule has 1 aliphatic rings. The highest BCUT2D eigenvalue weighted by Crippen LogP contribution is 2.10. The van der Waals surface area contributed by atoms with Crippen molar-refractivity contribution in [2.24, 2.45) is 7.05 Å². The van der Waals surface area contributed by atoms with E-state index in [1.54, 1.807) is 14.0 Å².